The minimum Gasteiger partial charge on any atom is -0.250 e. The first-order valence-electron chi connectivity index (χ1n) is 4.68. The number of hydrogen-bond donors (Lipinski definition) is 0. The van der Waals surface area contributed by atoms with Crippen molar-refractivity contribution in [1.29, 1.82) is 0 Å². The summed E-state index contributed by atoms with van der Waals surface area (Å²) in [4.78, 5) is 0. The molecule has 1 rings (SSSR count). The maximum atomic E-state index is 12.6. The van der Waals surface area contributed by atoms with Crippen molar-refractivity contribution in [3.63, 3.8) is 0 Å². The number of rotatable bonds is 4. The molecule has 0 N–H and O–H groups in total. The van der Waals surface area contributed by atoms with Crippen molar-refractivity contribution in [2.75, 3.05) is 6.67 Å². The van der Waals surface area contributed by atoms with Crippen molar-refractivity contribution < 1.29 is 4.39 Å². The molecule has 0 radical (unpaired) electrons. The van der Waals surface area contributed by atoms with E-state index < -0.39 is 0 Å². The van der Waals surface area contributed by atoms with Crippen LogP contribution in [0.2, 0.25) is 0 Å². The van der Waals surface area contributed by atoms with Gasteiger partial charge >= 0.3 is 0 Å². The second-order valence-electron chi connectivity index (χ2n) is 3.31. The first-order chi connectivity index (χ1) is 6.74. The van der Waals surface area contributed by atoms with Gasteiger partial charge in [0.15, 0.2) is 0 Å². The summed E-state index contributed by atoms with van der Waals surface area (Å²) in [6.45, 7) is 9.00. The quantitative estimate of drug-likeness (QED) is 0.672. The third-order valence-electron chi connectivity index (χ3n) is 2.36. The molecule has 74 valence electrons. The van der Waals surface area contributed by atoms with Gasteiger partial charge in [0.25, 0.3) is 0 Å². The van der Waals surface area contributed by atoms with E-state index in [4.69, 9.17) is 0 Å². The molecular formula is C13H15F. The molecule has 0 saturated heterocycles. The monoisotopic (exact) mass is 190 g/mol. The number of halogens is 1. The molecule has 0 aromatic heterocycles. The van der Waals surface area contributed by atoms with E-state index in [-0.39, 0.29) is 12.6 Å². The standard InChI is InChI=1S/C13H15F/c1-4-11-7-6-8-13(10(3)9-14)12(11)5-2/h4-8,10H,1-2,9H2,3H3. The second-order valence-corrected chi connectivity index (χ2v) is 3.31. The molecule has 1 heteroatoms. The molecule has 1 atom stereocenters. The van der Waals surface area contributed by atoms with E-state index in [2.05, 4.69) is 13.2 Å². The highest BCUT2D eigenvalue weighted by Gasteiger charge is 2.09. The van der Waals surface area contributed by atoms with Crippen molar-refractivity contribution >= 4 is 12.2 Å². The lowest BCUT2D eigenvalue weighted by Crippen LogP contribution is -1.99. The van der Waals surface area contributed by atoms with Crippen LogP contribution in [-0.4, -0.2) is 6.67 Å². The molecule has 0 amide bonds. The fourth-order valence-corrected chi connectivity index (χ4v) is 1.53. The van der Waals surface area contributed by atoms with Crippen LogP contribution < -0.4 is 0 Å². The van der Waals surface area contributed by atoms with Crippen LogP contribution in [0, 0.1) is 0 Å². The van der Waals surface area contributed by atoms with Gasteiger partial charge in [-0.2, -0.15) is 0 Å². The lowest BCUT2D eigenvalue weighted by molar-refractivity contribution is 0.447. The van der Waals surface area contributed by atoms with Crippen molar-refractivity contribution in [2.24, 2.45) is 0 Å². The van der Waals surface area contributed by atoms with Crippen molar-refractivity contribution in [2.45, 2.75) is 12.8 Å². The summed E-state index contributed by atoms with van der Waals surface area (Å²) in [6.07, 6.45) is 3.53. The van der Waals surface area contributed by atoms with E-state index >= 15 is 0 Å². The Kier molecular flexibility index (Phi) is 3.63. The van der Waals surface area contributed by atoms with E-state index in [1.807, 2.05) is 25.1 Å². The highest BCUT2D eigenvalue weighted by molar-refractivity contribution is 5.66. The molecule has 1 unspecified atom stereocenters. The van der Waals surface area contributed by atoms with Crippen molar-refractivity contribution in [1.82, 2.24) is 0 Å². The average molecular weight is 190 g/mol. The maximum Gasteiger partial charge on any atom is 0.0960 e. The molecule has 14 heavy (non-hydrogen) atoms. The Hall–Kier alpha value is -1.37. The van der Waals surface area contributed by atoms with Crippen LogP contribution in [0.25, 0.3) is 12.2 Å². The largest absolute Gasteiger partial charge is 0.250 e. The van der Waals surface area contributed by atoms with Crippen molar-refractivity contribution in [3.05, 3.63) is 48.0 Å². The van der Waals surface area contributed by atoms with E-state index in [1.165, 1.54) is 0 Å². The summed E-state index contributed by atoms with van der Waals surface area (Å²) in [7, 11) is 0. The summed E-state index contributed by atoms with van der Waals surface area (Å²) in [5.41, 5.74) is 3.00. The van der Waals surface area contributed by atoms with Crippen molar-refractivity contribution in [3.8, 4) is 0 Å². The van der Waals surface area contributed by atoms with Crippen LogP contribution in [-0.2, 0) is 0 Å². The fourth-order valence-electron chi connectivity index (χ4n) is 1.53. The van der Waals surface area contributed by atoms with E-state index in [0.29, 0.717) is 0 Å². The normalized spacial score (nSPS) is 12.1. The van der Waals surface area contributed by atoms with Crippen LogP contribution >= 0.6 is 0 Å². The molecule has 1 aromatic rings. The zero-order valence-corrected chi connectivity index (χ0v) is 8.46. The average Bonchev–Trinajstić information content (AvgIpc) is 2.26. The molecule has 0 aliphatic carbocycles. The zero-order chi connectivity index (χ0) is 10.6. The summed E-state index contributed by atoms with van der Waals surface area (Å²) < 4.78 is 12.6. The van der Waals surface area contributed by atoms with Crippen LogP contribution in [0.4, 0.5) is 4.39 Å². The third-order valence-corrected chi connectivity index (χ3v) is 2.36. The Morgan fingerprint density at radius 2 is 2.07 bits per heavy atom. The Balaban J connectivity index is 3.28. The first kappa shape index (κ1) is 10.7. The lowest BCUT2D eigenvalue weighted by Gasteiger charge is -2.13. The van der Waals surface area contributed by atoms with Gasteiger partial charge in [-0.05, 0) is 16.7 Å². The fraction of sp³-hybridized carbons (Fsp3) is 0.231. The van der Waals surface area contributed by atoms with Gasteiger partial charge in [-0.3, -0.25) is 4.39 Å². The van der Waals surface area contributed by atoms with Gasteiger partial charge in [-0.25, -0.2) is 0 Å². The van der Waals surface area contributed by atoms with E-state index in [9.17, 15) is 4.39 Å². The minimum absolute atomic E-state index is 0.0806. The zero-order valence-electron chi connectivity index (χ0n) is 8.46. The molecule has 0 nitrogen and oxygen atoms in total. The summed E-state index contributed by atoms with van der Waals surface area (Å²) >= 11 is 0. The van der Waals surface area contributed by atoms with Gasteiger partial charge < -0.3 is 0 Å². The van der Waals surface area contributed by atoms with Crippen LogP contribution in [0.5, 0.6) is 0 Å². The summed E-state index contributed by atoms with van der Waals surface area (Å²) in [5.74, 6) is -0.0806. The van der Waals surface area contributed by atoms with Crippen LogP contribution in [0.3, 0.4) is 0 Å². The molecule has 1 aromatic carbocycles. The molecular weight excluding hydrogens is 175 g/mol. The number of benzene rings is 1. The van der Waals surface area contributed by atoms with Gasteiger partial charge in [0.05, 0.1) is 6.67 Å². The molecule has 0 aliphatic heterocycles. The molecule has 0 heterocycles. The van der Waals surface area contributed by atoms with Crippen LogP contribution in [0.1, 0.15) is 29.5 Å². The summed E-state index contributed by atoms with van der Waals surface area (Å²) in [6, 6.07) is 5.82. The Morgan fingerprint density at radius 1 is 1.36 bits per heavy atom. The maximum absolute atomic E-state index is 12.6. The molecule has 0 spiro atoms. The van der Waals surface area contributed by atoms with E-state index in [1.54, 1.807) is 12.2 Å². The lowest BCUT2D eigenvalue weighted by atomic mass is 9.93. The molecule has 0 aliphatic rings. The van der Waals surface area contributed by atoms with E-state index in [0.717, 1.165) is 16.7 Å². The van der Waals surface area contributed by atoms with Gasteiger partial charge in [0.2, 0.25) is 0 Å². The van der Waals surface area contributed by atoms with Gasteiger partial charge in [0.1, 0.15) is 0 Å². The Labute approximate surface area is 84.8 Å². The number of hydrogen-bond acceptors (Lipinski definition) is 0. The van der Waals surface area contributed by atoms with Gasteiger partial charge in [0, 0.05) is 5.92 Å². The summed E-state index contributed by atoms with van der Waals surface area (Å²) in [5, 5.41) is 0. The SMILES string of the molecule is C=Cc1cccc(C(C)CF)c1C=C. The minimum atomic E-state index is -0.346. The van der Waals surface area contributed by atoms with Gasteiger partial charge in [-0.15, -0.1) is 0 Å². The van der Waals surface area contributed by atoms with Gasteiger partial charge in [-0.1, -0.05) is 50.4 Å². The first-order valence-corrected chi connectivity index (χ1v) is 4.68. The predicted molar refractivity (Wildman–Crippen MR) is 61.0 cm³/mol. The smallest absolute Gasteiger partial charge is 0.0960 e. The Morgan fingerprint density at radius 3 is 2.57 bits per heavy atom. The number of alkyl halides is 1. The predicted octanol–water partition coefficient (Wildman–Crippen LogP) is 4.05. The molecule has 0 fully saturated rings. The second kappa shape index (κ2) is 4.75. The highest BCUT2D eigenvalue weighted by atomic mass is 19.1. The highest BCUT2D eigenvalue weighted by Crippen LogP contribution is 2.25. The third kappa shape index (κ3) is 1.92. The topological polar surface area (TPSA) is 0 Å². The molecule has 0 bridgehead atoms. The molecule has 0 saturated carbocycles. The Bertz CT molecular complexity index is 339. The van der Waals surface area contributed by atoms with Crippen LogP contribution in [0.15, 0.2) is 31.4 Å².